The molecule has 1 N–H and O–H groups in total. The predicted molar refractivity (Wildman–Crippen MR) is 69.3 cm³/mol. The van der Waals surface area contributed by atoms with E-state index in [-0.39, 0.29) is 18.3 Å². The van der Waals surface area contributed by atoms with E-state index in [4.69, 9.17) is 5.11 Å². The van der Waals surface area contributed by atoms with Crippen LogP contribution in [0.1, 0.15) is 12.2 Å². The van der Waals surface area contributed by atoms with Crippen LogP contribution in [-0.4, -0.2) is 52.2 Å². The van der Waals surface area contributed by atoms with Crippen LogP contribution in [0.3, 0.4) is 0 Å². The SMILES string of the molecule is Cn1c(C[C@@H]2CCS(=O)(=O)C2)nnc1SCCO. The van der Waals surface area contributed by atoms with E-state index in [0.29, 0.717) is 24.3 Å². The summed E-state index contributed by atoms with van der Waals surface area (Å²) in [5.74, 6) is 2.12. The fourth-order valence-electron chi connectivity index (χ4n) is 2.08. The van der Waals surface area contributed by atoms with Crippen LogP contribution < -0.4 is 0 Å². The lowest BCUT2D eigenvalue weighted by Crippen LogP contribution is -2.11. The lowest BCUT2D eigenvalue weighted by atomic mass is 10.1. The summed E-state index contributed by atoms with van der Waals surface area (Å²) in [6.45, 7) is 0.105. The first-order valence-corrected chi connectivity index (χ1v) is 8.65. The van der Waals surface area contributed by atoms with Crippen molar-refractivity contribution < 1.29 is 13.5 Å². The van der Waals surface area contributed by atoms with Gasteiger partial charge in [0.05, 0.1) is 18.1 Å². The Hall–Kier alpha value is -0.600. The number of nitrogens with zero attached hydrogens (tertiary/aromatic N) is 3. The van der Waals surface area contributed by atoms with Crippen LogP contribution in [0.25, 0.3) is 0 Å². The largest absolute Gasteiger partial charge is 0.396 e. The Kier molecular flexibility index (Phi) is 4.29. The highest BCUT2D eigenvalue weighted by atomic mass is 32.2. The molecule has 0 saturated carbocycles. The Morgan fingerprint density at radius 2 is 2.28 bits per heavy atom. The molecule has 1 atom stereocenters. The maximum Gasteiger partial charge on any atom is 0.191 e. The van der Waals surface area contributed by atoms with E-state index in [0.717, 1.165) is 11.0 Å². The number of aliphatic hydroxyl groups excluding tert-OH is 1. The lowest BCUT2D eigenvalue weighted by Gasteiger charge is -2.07. The molecule has 2 rings (SSSR count). The molecule has 0 unspecified atom stereocenters. The summed E-state index contributed by atoms with van der Waals surface area (Å²) in [7, 11) is -0.958. The number of rotatable bonds is 5. The summed E-state index contributed by atoms with van der Waals surface area (Å²) < 4.78 is 24.7. The van der Waals surface area contributed by atoms with Gasteiger partial charge in [-0.2, -0.15) is 0 Å². The molecule has 8 heteroatoms. The molecule has 1 aliphatic heterocycles. The smallest absolute Gasteiger partial charge is 0.191 e. The van der Waals surface area contributed by atoms with E-state index in [1.165, 1.54) is 11.8 Å². The highest BCUT2D eigenvalue weighted by Gasteiger charge is 2.29. The third-order valence-electron chi connectivity index (χ3n) is 3.05. The van der Waals surface area contributed by atoms with Gasteiger partial charge in [-0.1, -0.05) is 11.8 Å². The third kappa shape index (κ3) is 3.24. The number of thioether (sulfide) groups is 1. The zero-order valence-corrected chi connectivity index (χ0v) is 11.9. The zero-order chi connectivity index (χ0) is 13.2. The van der Waals surface area contributed by atoms with Crippen molar-refractivity contribution in [3.63, 3.8) is 0 Å². The van der Waals surface area contributed by atoms with Gasteiger partial charge in [0.2, 0.25) is 0 Å². The average Bonchev–Trinajstić information content (AvgIpc) is 2.82. The van der Waals surface area contributed by atoms with Gasteiger partial charge < -0.3 is 9.67 Å². The Morgan fingerprint density at radius 3 is 2.89 bits per heavy atom. The summed E-state index contributed by atoms with van der Waals surface area (Å²) in [6.07, 6.45) is 1.37. The molecule has 2 heterocycles. The van der Waals surface area contributed by atoms with Gasteiger partial charge in [0.15, 0.2) is 15.0 Å². The molecule has 0 radical (unpaired) electrons. The standard InChI is InChI=1S/C10H17N3O3S2/c1-13-9(11-12-10(13)17-4-3-14)6-8-2-5-18(15,16)7-8/h8,14H,2-7H2,1H3/t8-/m0/s1. The molecule has 1 fully saturated rings. The van der Waals surface area contributed by atoms with Crippen molar-refractivity contribution in [2.24, 2.45) is 13.0 Å². The molecular formula is C10H17N3O3S2. The highest BCUT2D eigenvalue weighted by molar-refractivity contribution is 7.99. The Labute approximate surface area is 111 Å². The maximum atomic E-state index is 11.4. The highest BCUT2D eigenvalue weighted by Crippen LogP contribution is 2.23. The Balaban J connectivity index is 2.00. The van der Waals surface area contributed by atoms with Gasteiger partial charge in [-0.3, -0.25) is 0 Å². The van der Waals surface area contributed by atoms with Crippen molar-refractivity contribution in [1.29, 1.82) is 0 Å². The number of hydrogen-bond acceptors (Lipinski definition) is 6. The summed E-state index contributed by atoms with van der Waals surface area (Å²) in [4.78, 5) is 0. The van der Waals surface area contributed by atoms with Gasteiger partial charge in [-0.05, 0) is 12.3 Å². The molecule has 1 saturated heterocycles. The first-order chi connectivity index (χ1) is 8.52. The fourth-order valence-corrected chi connectivity index (χ4v) is 4.61. The minimum atomic E-state index is -2.83. The van der Waals surface area contributed by atoms with Crippen LogP contribution in [0, 0.1) is 5.92 Å². The molecule has 0 bridgehead atoms. The Morgan fingerprint density at radius 1 is 1.50 bits per heavy atom. The average molecular weight is 291 g/mol. The Bertz CT molecular complexity index is 512. The number of hydrogen-bond donors (Lipinski definition) is 1. The second-order valence-corrected chi connectivity index (χ2v) is 7.79. The first kappa shape index (κ1) is 13.8. The monoisotopic (exact) mass is 291 g/mol. The van der Waals surface area contributed by atoms with Crippen molar-refractivity contribution in [1.82, 2.24) is 14.8 Å². The van der Waals surface area contributed by atoms with Gasteiger partial charge in [0.25, 0.3) is 0 Å². The summed E-state index contributed by atoms with van der Waals surface area (Å²) in [5.41, 5.74) is 0. The van der Waals surface area contributed by atoms with E-state index in [1.807, 2.05) is 11.6 Å². The topological polar surface area (TPSA) is 85.1 Å². The fraction of sp³-hybridized carbons (Fsp3) is 0.800. The van der Waals surface area contributed by atoms with E-state index in [9.17, 15) is 8.42 Å². The van der Waals surface area contributed by atoms with Crippen molar-refractivity contribution in [2.75, 3.05) is 23.9 Å². The van der Waals surface area contributed by atoms with Crippen molar-refractivity contribution in [3.05, 3.63) is 5.82 Å². The first-order valence-electron chi connectivity index (χ1n) is 5.84. The van der Waals surface area contributed by atoms with Crippen LogP contribution in [0.4, 0.5) is 0 Å². The van der Waals surface area contributed by atoms with Crippen molar-refractivity contribution >= 4 is 21.6 Å². The molecule has 1 aliphatic rings. The van der Waals surface area contributed by atoms with Gasteiger partial charge in [0, 0.05) is 19.2 Å². The summed E-state index contributed by atoms with van der Waals surface area (Å²) in [6, 6.07) is 0. The quantitative estimate of drug-likeness (QED) is 0.761. The molecule has 6 nitrogen and oxygen atoms in total. The van der Waals surface area contributed by atoms with Crippen LogP contribution in [0.2, 0.25) is 0 Å². The molecule has 0 spiro atoms. The molecule has 0 amide bonds. The number of aliphatic hydroxyl groups is 1. The summed E-state index contributed by atoms with van der Waals surface area (Å²) >= 11 is 1.45. The van der Waals surface area contributed by atoms with Gasteiger partial charge in [0.1, 0.15) is 5.82 Å². The maximum absolute atomic E-state index is 11.4. The van der Waals surface area contributed by atoms with Crippen LogP contribution in [-0.2, 0) is 23.3 Å². The number of aromatic nitrogens is 3. The van der Waals surface area contributed by atoms with Crippen LogP contribution in [0.5, 0.6) is 0 Å². The van der Waals surface area contributed by atoms with E-state index in [2.05, 4.69) is 10.2 Å². The molecule has 0 aliphatic carbocycles. The number of sulfone groups is 1. The van der Waals surface area contributed by atoms with E-state index in [1.54, 1.807) is 0 Å². The molecule has 18 heavy (non-hydrogen) atoms. The minimum Gasteiger partial charge on any atom is -0.396 e. The van der Waals surface area contributed by atoms with E-state index < -0.39 is 9.84 Å². The molecule has 0 aromatic carbocycles. The van der Waals surface area contributed by atoms with Crippen LogP contribution >= 0.6 is 11.8 Å². The minimum absolute atomic E-state index is 0.105. The lowest BCUT2D eigenvalue weighted by molar-refractivity contribution is 0.322. The molecule has 1 aromatic heterocycles. The van der Waals surface area contributed by atoms with Gasteiger partial charge >= 0.3 is 0 Å². The third-order valence-corrected chi connectivity index (χ3v) is 5.88. The molecule has 1 aromatic rings. The van der Waals surface area contributed by atoms with Crippen molar-refractivity contribution in [3.8, 4) is 0 Å². The van der Waals surface area contributed by atoms with E-state index >= 15 is 0 Å². The normalized spacial score (nSPS) is 22.4. The van der Waals surface area contributed by atoms with Crippen LogP contribution in [0.15, 0.2) is 5.16 Å². The second kappa shape index (κ2) is 5.58. The second-order valence-electron chi connectivity index (χ2n) is 4.50. The zero-order valence-electron chi connectivity index (χ0n) is 10.2. The molecular weight excluding hydrogens is 274 g/mol. The molecule has 102 valence electrons. The van der Waals surface area contributed by atoms with Crippen molar-refractivity contribution in [2.45, 2.75) is 18.0 Å². The van der Waals surface area contributed by atoms with Gasteiger partial charge in [-0.25, -0.2) is 8.42 Å². The van der Waals surface area contributed by atoms with Gasteiger partial charge in [-0.15, -0.1) is 10.2 Å². The predicted octanol–water partition coefficient (Wildman–Crippen LogP) is -0.123. The summed E-state index contributed by atoms with van der Waals surface area (Å²) in [5, 5.41) is 17.7.